The minimum atomic E-state index is 0.245. The number of nitrogens with two attached hydrogens (primary N) is 1. The molecule has 0 saturated carbocycles. The van der Waals surface area contributed by atoms with Gasteiger partial charge in [-0.3, -0.25) is 5.41 Å². The summed E-state index contributed by atoms with van der Waals surface area (Å²) in [6.45, 7) is 0.801. The molecule has 3 nitrogen and oxygen atoms in total. The fourth-order valence-electron chi connectivity index (χ4n) is 0.260. The molecule has 0 bridgehead atoms. The van der Waals surface area contributed by atoms with Crippen LogP contribution in [-0.2, 0) is 0 Å². The minimum absolute atomic E-state index is 0.245. The lowest BCUT2D eigenvalue weighted by Gasteiger charge is -1.92. The molecule has 7 heavy (non-hydrogen) atoms. The third kappa shape index (κ3) is 5.43. The first kappa shape index (κ1) is 6.43. The Labute approximate surface area is 43.4 Å². The fourth-order valence-corrected chi connectivity index (χ4v) is 0.260. The van der Waals surface area contributed by atoms with Crippen molar-refractivity contribution in [1.29, 1.82) is 5.41 Å². The molecule has 0 aliphatic carbocycles. The van der Waals surface area contributed by atoms with E-state index in [0.717, 1.165) is 6.54 Å². The van der Waals surface area contributed by atoms with E-state index in [2.05, 4.69) is 5.32 Å². The van der Waals surface area contributed by atoms with Gasteiger partial charge >= 0.3 is 0 Å². The minimum Gasteiger partial charge on any atom is -0.388 e. The first-order valence-electron chi connectivity index (χ1n) is 2.25. The van der Waals surface area contributed by atoms with Crippen LogP contribution in [0.5, 0.6) is 0 Å². The Bertz CT molecular complexity index is 60.0. The first-order valence-corrected chi connectivity index (χ1v) is 2.25. The predicted octanol–water partition coefficient (Wildman–Crippen LogP) is -0.468. The Balaban J connectivity index is 2.82. The molecule has 0 unspecified atom stereocenters. The molecular weight excluding hydrogens is 90.1 g/mol. The van der Waals surface area contributed by atoms with Crippen LogP contribution in [0.15, 0.2) is 0 Å². The van der Waals surface area contributed by atoms with Gasteiger partial charge < -0.3 is 11.1 Å². The molecule has 0 rings (SSSR count). The van der Waals surface area contributed by atoms with Crippen molar-refractivity contribution in [1.82, 2.24) is 5.32 Å². The standard InChI is InChI=1S/C4H11N3/c1-7-3-2-4(5)6/h7H,2-3H2,1H3,(H3,5,6). The monoisotopic (exact) mass is 101 g/mol. The largest absolute Gasteiger partial charge is 0.388 e. The molecular formula is C4H11N3. The molecule has 0 aliphatic heterocycles. The van der Waals surface area contributed by atoms with Gasteiger partial charge in [-0.25, -0.2) is 0 Å². The second-order valence-corrected chi connectivity index (χ2v) is 1.38. The van der Waals surface area contributed by atoms with E-state index >= 15 is 0 Å². The number of hydrogen-bond acceptors (Lipinski definition) is 2. The zero-order valence-corrected chi connectivity index (χ0v) is 4.49. The number of nitrogens with one attached hydrogen (secondary N) is 2. The van der Waals surface area contributed by atoms with E-state index < -0.39 is 0 Å². The molecule has 4 N–H and O–H groups in total. The summed E-state index contributed by atoms with van der Waals surface area (Å²) >= 11 is 0. The van der Waals surface area contributed by atoms with E-state index in [1.165, 1.54) is 0 Å². The Morgan fingerprint density at radius 2 is 2.43 bits per heavy atom. The van der Waals surface area contributed by atoms with Crippen molar-refractivity contribution in [2.45, 2.75) is 6.42 Å². The molecule has 0 saturated heterocycles. The quantitative estimate of drug-likeness (QED) is 0.332. The average molecular weight is 101 g/mol. The Morgan fingerprint density at radius 1 is 1.86 bits per heavy atom. The van der Waals surface area contributed by atoms with E-state index in [1.807, 2.05) is 7.05 Å². The summed E-state index contributed by atoms with van der Waals surface area (Å²) in [5, 5.41) is 9.61. The predicted molar refractivity (Wildman–Crippen MR) is 30.5 cm³/mol. The van der Waals surface area contributed by atoms with Crippen LogP contribution in [0, 0.1) is 5.41 Å². The molecule has 0 spiro atoms. The van der Waals surface area contributed by atoms with Crippen molar-refractivity contribution >= 4 is 5.84 Å². The normalized spacial score (nSPS) is 8.71. The summed E-state index contributed by atoms with van der Waals surface area (Å²) in [7, 11) is 1.84. The summed E-state index contributed by atoms with van der Waals surface area (Å²) in [6.07, 6.45) is 0.649. The van der Waals surface area contributed by atoms with E-state index in [9.17, 15) is 0 Å². The number of rotatable bonds is 3. The van der Waals surface area contributed by atoms with Crippen LogP contribution in [-0.4, -0.2) is 19.4 Å². The van der Waals surface area contributed by atoms with Gasteiger partial charge in [0.2, 0.25) is 0 Å². The SMILES string of the molecule is CNCCC(=N)N. The molecule has 0 aromatic carbocycles. The average Bonchev–Trinajstić information content (AvgIpc) is 1.61. The van der Waals surface area contributed by atoms with Gasteiger partial charge in [0.15, 0.2) is 0 Å². The molecule has 42 valence electrons. The summed E-state index contributed by atoms with van der Waals surface area (Å²) in [4.78, 5) is 0. The van der Waals surface area contributed by atoms with E-state index in [0.29, 0.717) is 6.42 Å². The number of amidine groups is 1. The molecule has 0 fully saturated rings. The summed E-state index contributed by atoms with van der Waals surface area (Å²) in [6, 6.07) is 0. The molecule has 0 aromatic heterocycles. The Kier molecular flexibility index (Phi) is 3.32. The van der Waals surface area contributed by atoms with Crippen LogP contribution in [0.2, 0.25) is 0 Å². The van der Waals surface area contributed by atoms with Crippen LogP contribution in [0.3, 0.4) is 0 Å². The molecule has 0 radical (unpaired) electrons. The summed E-state index contributed by atoms with van der Waals surface area (Å²) < 4.78 is 0. The van der Waals surface area contributed by atoms with E-state index in [1.54, 1.807) is 0 Å². The molecule has 3 heteroatoms. The highest BCUT2D eigenvalue weighted by atomic mass is 14.8. The van der Waals surface area contributed by atoms with E-state index in [-0.39, 0.29) is 5.84 Å². The van der Waals surface area contributed by atoms with Crippen LogP contribution >= 0.6 is 0 Å². The lowest BCUT2D eigenvalue weighted by Crippen LogP contribution is -2.17. The highest BCUT2D eigenvalue weighted by molar-refractivity contribution is 5.76. The highest BCUT2D eigenvalue weighted by Gasteiger charge is 1.82. The van der Waals surface area contributed by atoms with Crippen LogP contribution in [0.4, 0.5) is 0 Å². The maximum atomic E-state index is 6.74. The molecule has 0 aliphatic rings. The third-order valence-electron chi connectivity index (χ3n) is 0.644. The highest BCUT2D eigenvalue weighted by Crippen LogP contribution is 1.68. The molecule has 0 amide bonds. The summed E-state index contributed by atoms with van der Waals surface area (Å²) in [5.41, 5.74) is 5.02. The van der Waals surface area contributed by atoms with Crippen LogP contribution < -0.4 is 11.1 Å². The second kappa shape index (κ2) is 3.61. The van der Waals surface area contributed by atoms with Crippen molar-refractivity contribution in [2.24, 2.45) is 5.73 Å². The van der Waals surface area contributed by atoms with Gasteiger partial charge in [0, 0.05) is 13.0 Å². The Morgan fingerprint density at radius 3 is 2.57 bits per heavy atom. The van der Waals surface area contributed by atoms with Crippen molar-refractivity contribution in [3.63, 3.8) is 0 Å². The van der Waals surface area contributed by atoms with E-state index in [4.69, 9.17) is 11.1 Å². The second-order valence-electron chi connectivity index (χ2n) is 1.38. The maximum absolute atomic E-state index is 6.74. The van der Waals surface area contributed by atoms with Gasteiger partial charge in [-0.15, -0.1) is 0 Å². The van der Waals surface area contributed by atoms with Gasteiger partial charge in [-0.2, -0.15) is 0 Å². The van der Waals surface area contributed by atoms with Crippen LogP contribution in [0.25, 0.3) is 0 Å². The van der Waals surface area contributed by atoms with Gasteiger partial charge in [-0.1, -0.05) is 0 Å². The van der Waals surface area contributed by atoms with Gasteiger partial charge in [0.25, 0.3) is 0 Å². The lowest BCUT2D eigenvalue weighted by atomic mass is 10.4. The molecule has 0 atom stereocenters. The zero-order chi connectivity index (χ0) is 5.70. The van der Waals surface area contributed by atoms with Gasteiger partial charge in [-0.05, 0) is 7.05 Å². The fraction of sp³-hybridized carbons (Fsp3) is 0.750. The van der Waals surface area contributed by atoms with Crippen LogP contribution in [0.1, 0.15) is 6.42 Å². The number of hydrogen-bond donors (Lipinski definition) is 3. The first-order chi connectivity index (χ1) is 3.27. The smallest absolute Gasteiger partial charge is 0.0918 e. The topological polar surface area (TPSA) is 61.9 Å². The molecule has 0 heterocycles. The van der Waals surface area contributed by atoms with Crippen molar-refractivity contribution in [3.8, 4) is 0 Å². The van der Waals surface area contributed by atoms with Gasteiger partial charge in [0.1, 0.15) is 0 Å². The molecule has 0 aromatic rings. The van der Waals surface area contributed by atoms with Crippen molar-refractivity contribution in [3.05, 3.63) is 0 Å². The third-order valence-corrected chi connectivity index (χ3v) is 0.644. The Hall–Kier alpha value is -0.570. The maximum Gasteiger partial charge on any atom is 0.0918 e. The zero-order valence-electron chi connectivity index (χ0n) is 4.49. The van der Waals surface area contributed by atoms with Crippen molar-refractivity contribution < 1.29 is 0 Å². The summed E-state index contributed by atoms with van der Waals surface area (Å²) in [5.74, 6) is 0.245. The van der Waals surface area contributed by atoms with Gasteiger partial charge in [0.05, 0.1) is 5.84 Å². The van der Waals surface area contributed by atoms with Crippen molar-refractivity contribution in [2.75, 3.05) is 13.6 Å². The lowest BCUT2D eigenvalue weighted by molar-refractivity contribution is 0.819.